The monoisotopic (exact) mass is 368 g/mol. The van der Waals surface area contributed by atoms with Crippen LogP contribution in [0.2, 0.25) is 0 Å². The van der Waals surface area contributed by atoms with Crippen LogP contribution in [-0.4, -0.2) is 45.8 Å². The zero-order valence-corrected chi connectivity index (χ0v) is 17.3. The van der Waals surface area contributed by atoms with Crippen LogP contribution in [0.3, 0.4) is 0 Å². The third kappa shape index (κ3) is 4.63. The zero-order chi connectivity index (χ0) is 19.4. The van der Waals surface area contributed by atoms with Crippen molar-refractivity contribution in [1.29, 1.82) is 0 Å². The Balaban J connectivity index is 1.91. The van der Waals surface area contributed by atoms with E-state index in [4.69, 9.17) is 9.47 Å². The van der Waals surface area contributed by atoms with Crippen LogP contribution in [0, 0.1) is 13.8 Å². The molecule has 0 spiro atoms. The predicted octanol–water partition coefficient (Wildman–Crippen LogP) is 3.88. The van der Waals surface area contributed by atoms with Gasteiger partial charge in [-0.25, -0.2) is 0 Å². The SMILES string of the molecule is COc1cc2c(cc1OCCCN(C)C)C(c1cc(C)ccc1C)NCC2. The molecule has 1 aliphatic rings. The Morgan fingerprint density at radius 2 is 1.89 bits per heavy atom. The average Bonchev–Trinajstić information content (AvgIpc) is 2.66. The first-order valence-electron chi connectivity index (χ1n) is 9.78. The van der Waals surface area contributed by atoms with Crippen molar-refractivity contribution >= 4 is 0 Å². The van der Waals surface area contributed by atoms with Crippen LogP contribution in [0.5, 0.6) is 11.5 Å². The van der Waals surface area contributed by atoms with E-state index in [2.05, 4.69) is 68.5 Å². The number of rotatable bonds is 7. The van der Waals surface area contributed by atoms with Gasteiger partial charge in [-0.3, -0.25) is 0 Å². The summed E-state index contributed by atoms with van der Waals surface area (Å²) in [6, 6.07) is 11.2. The van der Waals surface area contributed by atoms with Crippen LogP contribution < -0.4 is 14.8 Å². The van der Waals surface area contributed by atoms with Crippen molar-refractivity contribution in [3.05, 3.63) is 58.1 Å². The van der Waals surface area contributed by atoms with Gasteiger partial charge >= 0.3 is 0 Å². The van der Waals surface area contributed by atoms with Crippen LogP contribution in [0.4, 0.5) is 0 Å². The van der Waals surface area contributed by atoms with Crippen LogP contribution in [0.25, 0.3) is 0 Å². The Morgan fingerprint density at radius 1 is 1.07 bits per heavy atom. The fraction of sp³-hybridized carbons (Fsp3) is 0.478. The molecule has 2 aromatic rings. The molecule has 4 nitrogen and oxygen atoms in total. The van der Waals surface area contributed by atoms with E-state index in [-0.39, 0.29) is 6.04 Å². The number of nitrogens with zero attached hydrogens (tertiary/aromatic N) is 1. The molecule has 0 saturated heterocycles. The minimum Gasteiger partial charge on any atom is -0.493 e. The second kappa shape index (κ2) is 8.77. The summed E-state index contributed by atoms with van der Waals surface area (Å²) in [5.41, 5.74) is 6.60. The molecule has 1 unspecified atom stereocenters. The van der Waals surface area contributed by atoms with Crippen molar-refractivity contribution in [3.63, 3.8) is 0 Å². The maximum Gasteiger partial charge on any atom is 0.161 e. The molecule has 1 heterocycles. The minimum absolute atomic E-state index is 0.198. The topological polar surface area (TPSA) is 33.7 Å². The molecule has 0 bridgehead atoms. The van der Waals surface area contributed by atoms with Crippen LogP contribution in [0.15, 0.2) is 30.3 Å². The highest BCUT2D eigenvalue weighted by molar-refractivity contribution is 5.52. The van der Waals surface area contributed by atoms with Gasteiger partial charge in [0.1, 0.15) is 0 Å². The Bertz CT molecular complexity index is 786. The predicted molar refractivity (Wildman–Crippen MR) is 111 cm³/mol. The van der Waals surface area contributed by atoms with Crippen LogP contribution in [0.1, 0.15) is 40.3 Å². The highest BCUT2D eigenvalue weighted by atomic mass is 16.5. The molecule has 0 amide bonds. The molecule has 0 aromatic heterocycles. The van der Waals surface area contributed by atoms with E-state index in [1.54, 1.807) is 7.11 Å². The lowest BCUT2D eigenvalue weighted by molar-refractivity contribution is 0.267. The first kappa shape index (κ1) is 19.7. The molecule has 0 aliphatic carbocycles. The molecule has 1 atom stereocenters. The van der Waals surface area contributed by atoms with Gasteiger partial charge in [-0.15, -0.1) is 0 Å². The zero-order valence-electron chi connectivity index (χ0n) is 17.3. The largest absolute Gasteiger partial charge is 0.493 e. The summed E-state index contributed by atoms with van der Waals surface area (Å²) in [6.45, 7) is 7.01. The first-order chi connectivity index (χ1) is 13.0. The van der Waals surface area contributed by atoms with E-state index in [9.17, 15) is 0 Å². The molecule has 1 aliphatic heterocycles. The van der Waals surface area contributed by atoms with Crippen molar-refractivity contribution in [2.45, 2.75) is 32.7 Å². The lowest BCUT2D eigenvalue weighted by atomic mass is 9.87. The number of nitrogens with one attached hydrogen (secondary N) is 1. The van der Waals surface area contributed by atoms with Crippen molar-refractivity contribution in [2.75, 3.05) is 40.9 Å². The second-order valence-corrected chi connectivity index (χ2v) is 7.70. The van der Waals surface area contributed by atoms with Gasteiger partial charge in [0.25, 0.3) is 0 Å². The molecule has 2 aromatic carbocycles. The summed E-state index contributed by atoms with van der Waals surface area (Å²) in [6.07, 6.45) is 2.00. The Labute approximate surface area is 163 Å². The van der Waals surface area contributed by atoms with E-state index in [0.29, 0.717) is 6.61 Å². The highest BCUT2D eigenvalue weighted by Gasteiger charge is 2.25. The summed E-state index contributed by atoms with van der Waals surface area (Å²) in [5, 5.41) is 3.70. The van der Waals surface area contributed by atoms with Gasteiger partial charge in [-0.05, 0) is 75.2 Å². The van der Waals surface area contributed by atoms with Crippen molar-refractivity contribution < 1.29 is 9.47 Å². The maximum absolute atomic E-state index is 6.10. The second-order valence-electron chi connectivity index (χ2n) is 7.70. The van der Waals surface area contributed by atoms with Gasteiger partial charge in [-0.2, -0.15) is 0 Å². The lowest BCUT2D eigenvalue weighted by Gasteiger charge is -2.30. The highest BCUT2D eigenvalue weighted by Crippen LogP contribution is 2.38. The third-order valence-electron chi connectivity index (χ3n) is 5.23. The van der Waals surface area contributed by atoms with E-state index >= 15 is 0 Å². The average molecular weight is 369 g/mol. The molecule has 3 rings (SSSR count). The Morgan fingerprint density at radius 3 is 2.63 bits per heavy atom. The Kier molecular flexibility index (Phi) is 6.40. The fourth-order valence-electron chi connectivity index (χ4n) is 3.75. The standard InChI is InChI=1S/C23H32N2O2/c1-16-7-8-17(2)19(13-16)23-20-15-22(27-12-6-11-25(3)4)21(26-5)14-18(20)9-10-24-23/h7-8,13-15,23-24H,6,9-12H2,1-5H3. The molecule has 146 valence electrons. The van der Waals surface area contributed by atoms with Crippen molar-refractivity contribution in [2.24, 2.45) is 0 Å². The fourth-order valence-corrected chi connectivity index (χ4v) is 3.75. The number of aryl methyl sites for hydroxylation is 2. The number of fused-ring (bicyclic) bond motifs is 1. The van der Waals surface area contributed by atoms with Crippen LogP contribution >= 0.6 is 0 Å². The molecule has 27 heavy (non-hydrogen) atoms. The Hall–Kier alpha value is -2.04. The summed E-state index contributed by atoms with van der Waals surface area (Å²) in [4.78, 5) is 2.17. The first-order valence-corrected chi connectivity index (χ1v) is 9.78. The minimum atomic E-state index is 0.198. The lowest BCUT2D eigenvalue weighted by Crippen LogP contribution is -2.31. The number of hydrogen-bond donors (Lipinski definition) is 1. The quantitative estimate of drug-likeness (QED) is 0.752. The van der Waals surface area contributed by atoms with Gasteiger partial charge in [0.15, 0.2) is 11.5 Å². The smallest absolute Gasteiger partial charge is 0.161 e. The number of methoxy groups -OCH3 is 1. The number of benzene rings is 2. The van der Waals surface area contributed by atoms with Gasteiger partial charge in [-0.1, -0.05) is 23.8 Å². The van der Waals surface area contributed by atoms with Crippen LogP contribution in [-0.2, 0) is 6.42 Å². The summed E-state index contributed by atoms with van der Waals surface area (Å²) in [7, 11) is 5.89. The van der Waals surface area contributed by atoms with Gasteiger partial charge in [0.05, 0.1) is 19.8 Å². The van der Waals surface area contributed by atoms with Gasteiger partial charge in [0, 0.05) is 13.1 Å². The van der Waals surface area contributed by atoms with E-state index in [1.165, 1.54) is 27.8 Å². The van der Waals surface area contributed by atoms with Crippen molar-refractivity contribution in [3.8, 4) is 11.5 Å². The summed E-state index contributed by atoms with van der Waals surface area (Å²) in [5.74, 6) is 1.68. The van der Waals surface area contributed by atoms with E-state index < -0.39 is 0 Å². The van der Waals surface area contributed by atoms with Crippen molar-refractivity contribution in [1.82, 2.24) is 10.2 Å². The summed E-state index contributed by atoms with van der Waals surface area (Å²) < 4.78 is 11.7. The molecular formula is C23H32N2O2. The van der Waals surface area contributed by atoms with Gasteiger partial charge < -0.3 is 19.7 Å². The van der Waals surface area contributed by atoms with E-state index in [1.807, 2.05) is 0 Å². The molecule has 0 saturated carbocycles. The molecule has 1 N–H and O–H groups in total. The molecule has 0 radical (unpaired) electrons. The van der Waals surface area contributed by atoms with Gasteiger partial charge in [0.2, 0.25) is 0 Å². The summed E-state index contributed by atoms with van der Waals surface area (Å²) >= 11 is 0. The molecule has 4 heteroatoms. The maximum atomic E-state index is 6.10. The number of ether oxygens (including phenoxy) is 2. The molecule has 0 fully saturated rings. The normalized spacial score (nSPS) is 16.3. The third-order valence-corrected chi connectivity index (χ3v) is 5.23. The molecular weight excluding hydrogens is 336 g/mol. The van der Waals surface area contributed by atoms with E-state index in [0.717, 1.165) is 37.4 Å². The number of hydrogen-bond acceptors (Lipinski definition) is 4.